The predicted octanol–water partition coefficient (Wildman–Crippen LogP) is 3.84. The standard InChI is InChI=1S/C20H22Cl2N4O/c21-16-4-3-5-17(22)15(16)13-26-19-12-14(23)6-7-18(19)25(20(26)27)11-10-24-8-1-2-9-24/h3-7,12H,1-2,8-11,13,23H2. The van der Waals surface area contributed by atoms with Gasteiger partial charge in [0, 0.05) is 34.4 Å². The zero-order valence-electron chi connectivity index (χ0n) is 15.0. The van der Waals surface area contributed by atoms with Crippen LogP contribution in [0.15, 0.2) is 41.2 Å². The largest absolute Gasteiger partial charge is 0.399 e. The maximum Gasteiger partial charge on any atom is 0.329 e. The lowest BCUT2D eigenvalue weighted by molar-refractivity contribution is 0.322. The Kier molecular flexibility index (Phi) is 5.17. The van der Waals surface area contributed by atoms with Gasteiger partial charge in [-0.25, -0.2) is 4.79 Å². The SMILES string of the molecule is Nc1ccc2c(c1)n(Cc1c(Cl)cccc1Cl)c(=O)n2CCN1CCCC1. The molecule has 0 saturated carbocycles. The normalized spacial score (nSPS) is 15.0. The van der Waals surface area contributed by atoms with Gasteiger partial charge < -0.3 is 10.6 Å². The molecule has 1 aliphatic rings. The molecule has 27 heavy (non-hydrogen) atoms. The van der Waals surface area contributed by atoms with Crippen molar-refractivity contribution in [3.8, 4) is 0 Å². The summed E-state index contributed by atoms with van der Waals surface area (Å²) in [5, 5.41) is 1.10. The Hall–Kier alpha value is -1.95. The van der Waals surface area contributed by atoms with E-state index in [1.165, 1.54) is 12.8 Å². The van der Waals surface area contributed by atoms with E-state index >= 15 is 0 Å². The molecule has 7 heteroatoms. The molecule has 0 bridgehead atoms. The molecule has 1 saturated heterocycles. The van der Waals surface area contributed by atoms with Crippen LogP contribution < -0.4 is 11.4 Å². The number of aromatic nitrogens is 2. The number of benzene rings is 2. The Bertz CT molecular complexity index is 1010. The van der Waals surface area contributed by atoms with Gasteiger partial charge in [-0.2, -0.15) is 0 Å². The maximum atomic E-state index is 13.2. The van der Waals surface area contributed by atoms with Crippen LogP contribution in [-0.4, -0.2) is 33.7 Å². The minimum Gasteiger partial charge on any atom is -0.399 e. The highest BCUT2D eigenvalue weighted by Gasteiger charge is 2.18. The van der Waals surface area contributed by atoms with E-state index in [-0.39, 0.29) is 5.69 Å². The van der Waals surface area contributed by atoms with Crippen LogP contribution in [0.4, 0.5) is 5.69 Å². The third-order valence-electron chi connectivity index (χ3n) is 5.26. The van der Waals surface area contributed by atoms with Gasteiger partial charge in [-0.05, 0) is 56.3 Å². The highest BCUT2D eigenvalue weighted by atomic mass is 35.5. The predicted molar refractivity (Wildman–Crippen MR) is 112 cm³/mol. The van der Waals surface area contributed by atoms with E-state index in [4.69, 9.17) is 28.9 Å². The van der Waals surface area contributed by atoms with Crippen molar-refractivity contribution in [1.82, 2.24) is 14.0 Å². The van der Waals surface area contributed by atoms with Crippen molar-refractivity contribution in [1.29, 1.82) is 0 Å². The molecule has 0 amide bonds. The molecule has 4 rings (SSSR count). The van der Waals surface area contributed by atoms with E-state index in [2.05, 4.69) is 4.90 Å². The van der Waals surface area contributed by atoms with E-state index in [0.717, 1.165) is 36.2 Å². The molecule has 3 aromatic rings. The van der Waals surface area contributed by atoms with Crippen LogP contribution in [0.25, 0.3) is 11.0 Å². The average molecular weight is 405 g/mol. The molecule has 142 valence electrons. The van der Waals surface area contributed by atoms with Gasteiger partial charge in [-0.15, -0.1) is 0 Å². The summed E-state index contributed by atoms with van der Waals surface area (Å²) < 4.78 is 3.54. The minimum atomic E-state index is -0.0641. The molecular formula is C20H22Cl2N4O. The molecule has 2 N–H and O–H groups in total. The van der Waals surface area contributed by atoms with E-state index in [1.807, 2.05) is 22.8 Å². The fourth-order valence-corrected chi connectivity index (χ4v) is 4.31. The van der Waals surface area contributed by atoms with Gasteiger partial charge in [0.15, 0.2) is 0 Å². The van der Waals surface area contributed by atoms with Crippen LogP contribution in [0.3, 0.4) is 0 Å². The fraction of sp³-hybridized carbons (Fsp3) is 0.350. The van der Waals surface area contributed by atoms with Gasteiger partial charge in [0.25, 0.3) is 0 Å². The number of anilines is 1. The molecule has 0 radical (unpaired) electrons. The summed E-state index contributed by atoms with van der Waals surface area (Å²) in [5.41, 5.74) is 8.98. The zero-order valence-corrected chi connectivity index (χ0v) is 16.5. The van der Waals surface area contributed by atoms with Gasteiger partial charge in [0.05, 0.1) is 17.6 Å². The molecule has 0 spiro atoms. The average Bonchev–Trinajstić information content (AvgIpc) is 3.23. The first-order valence-electron chi connectivity index (χ1n) is 9.18. The molecule has 0 aliphatic carbocycles. The summed E-state index contributed by atoms with van der Waals surface area (Å²) >= 11 is 12.7. The number of nitrogens with two attached hydrogens (primary N) is 1. The van der Waals surface area contributed by atoms with Crippen LogP contribution >= 0.6 is 23.2 Å². The van der Waals surface area contributed by atoms with Crippen LogP contribution in [0.2, 0.25) is 10.0 Å². The lowest BCUT2D eigenvalue weighted by Crippen LogP contribution is -2.30. The lowest BCUT2D eigenvalue weighted by Gasteiger charge is -2.14. The van der Waals surface area contributed by atoms with Crippen LogP contribution in [0, 0.1) is 0 Å². The van der Waals surface area contributed by atoms with Gasteiger partial charge in [0.2, 0.25) is 0 Å². The second-order valence-electron chi connectivity index (χ2n) is 7.02. The molecule has 1 aliphatic heterocycles. The van der Waals surface area contributed by atoms with E-state index < -0.39 is 0 Å². The molecular weight excluding hydrogens is 383 g/mol. The quantitative estimate of drug-likeness (QED) is 0.657. The summed E-state index contributed by atoms with van der Waals surface area (Å²) in [5.74, 6) is 0. The number of likely N-dealkylation sites (tertiary alicyclic amines) is 1. The topological polar surface area (TPSA) is 56.2 Å². The molecule has 1 aromatic heterocycles. The molecule has 2 aromatic carbocycles. The number of nitrogen functional groups attached to an aromatic ring is 1. The maximum absolute atomic E-state index is 13.2. The van der Waals surface area contributed by atoms with Crippen molar-refractivity contribution in [2.75, 3.05) is 25.4 Å². The summed E-state index contributed by atoms with van der Waals surface area (Å²) in [6.07, 6.45) is 2.47. The third kappa shape index (κ3) is 3.59. The summed E-state index contributed by atoms with van der Waals surface area (Å²) in [6.45, 7) is 4.05. The number of hydrogen-bond donors (Lipinski definition) is 1. The smallest absolute Gasteiger partial charge is 0.329 e. The number of nitrogens with zero attached hydrogens (tertiary/aromatic N) is 3. The first-order valence-corrected chi connectivity index (χ1v) is 9.94. The van der Waals surface area contributed by atoms with Crippen molar-refractivity contribution in [3.05, 3.63) is 62.5 Å². The van der Waals surface area contributed by atoms with Crippen molar-refractivity contribution >= 4 is 39.9 Å². The Morgan fingerprint density at radius 2 is 1.63 bits per heavy atom. The van der Waals surface area contributed by atoms with Gasteiger partial charge in [-0.1, -0.05) is 29.3 Å². The second-order valence-corrected chi connectivity index (χ2v) is 7.83. The molecule has 0 atom stereocenters. The van der Waals surface area contributed by atoms with Crippen molar-refractivity contribution in [3.63, 3.8) is 0 Å². The van der Waals surface area contributed by atoms with Crippen molar-refractivity contribution in [2.45, 2.75) is 25.9 Å². The highest BCUT2D eigenvalue weighted by molar-refractivity contribution is 6.36. The Labute approximate surface area is 167 Å². The molecule has 1 fully saturated rings. The first kappa shape index (κ1) is 18.4. The molecule has 0 unspecified atom stereocenters. The monoisotopic (exact) mass is 404 g/mol. The van der Waals surface area contributed by atoms with Gasteiger partial charge >= 0.3 is 5.69 Å². The number of halogens is 2. The van der Waals surface area contributed by atoms with Gasteiger partial charge in [0.1, 0.15) is 0 Å². The first-order chi connectivity index (χ1) is 13.0. The number of imidazole rings is 1. The summed E-state index contributed by atoms with van der Waals surface area (Å²) in [7, 11) is 0. The van der Waals surface area contributed by atoms with Crippen LogP contribution in [-0.2, 0) is 13.1 Å². The number of hydrogen-bond acceptors (Lipinski definition) is 3. The fourth-order valence-electron chi connectivity index (χ4n) is 3.79. The number of rotatable bonds is 5. The van der Waals surface area contributed by atoms with E-state index in [9.17, 15) is 4.79 Å². The Morgan fingerprint density at radius 1 is 0.926 bits per heavy atom. The molecule has 5 nitrogen and oxygen atoms in total. The Morgan fingerprint density at radius 3 is 2.33 bits per heavy atom. The molecule has 2 heterocycles. The van der Waals surface area contributed by atoms with Gasteiger partial charge in [-0.3, -0.25) is 9.13 Å². The van der Waals surface area contributed by atoms with Crippen LogP contribution in [0.5, 0.6) is 0 Å². The summed E-state index contributed by atoms with van der Waals surface area (Å²) in [6, 6.07) is 11.0. The van der Waals surface area contributed by atoms with Crippen molar-refractivity contribution < 1.29 is 0 Å². The Balaban J connectivity index is 1.76. The lowest BCUT2D eigenvalue weighted by atomic mass is 10.2. The van der Waals surface area contributed by atoms with E-state index in [1.54, 1.807) is 22.8 Å². The minimum absolute atomic E-state index is 0.0641. The number of fused-ring (bicyclic) bond motifs is 1. The highest BCUT2D eigenvalue weighted by Crippen LogP contribution is 2.26. The summed E-state index contributed by atoms with van der Waals surface area (Å²) in [4.78, 5) is 15.6. The second kappa shape index (κ2) is 7.58. The van der Waals surface area contributed by atoms with Crippen LogP contribution in [0.1, 0.15) is 18.4 Å². The third-order valence-corrected chi connectivity index (χ3v) is 5.97. The van der Waals surface area contributed by atoms with Crippen molar-refractivity contribution in [2.24, 2.45) is 0 Å². The zero-order chi connectivity index (χ0) is 19.0. The van der Waals surface area contributed by atoms with E-state index in [0.29, 0.717) is 28.8 Å².